The van der Waals surface area contributed by atoms with E-state index in [4.69, 9.17) is 5.11 Å². The van der Waals surface area contributed by atoms with E-state index in [9.17, 15) is 4.79 Å². The number of halogens is 1. The van der Waals surface area contributed by atoms with Crippen molar-refractivity contribution >= 4 is 34.2 Å². The minimum absolute atomic E-state index is 0.0532. The van der Waals surface area contributed by atoms with E-state index in [1.807, 2.05) is 43.1 Å². The first-order valence-corrected chi connectivity index (χ1v) is 6.50. The summed E-state index contributed by atoms with van der Waals surface area (Å²) in [5.74, 6) is -0.0674. The summed E-state index contributed by atoms with van der Waals surface area (Å²) in [6.07, 6.45) is 0. The van der Waals surface area contributed by atoms with Gasteiger partial charge in [-0.2, -0.15) is 0 Å². The topological polar surface area (TPSA) is 52.6 Å². The van der Waals surface area contributed by atoms with Crippen molar-refractivity contribution in [2.75, 3.05) is 25.5 Å². The lowest BCUT2D eigenvalue weighted by atomic mass is 10.2. The molecular formula is C12H17IN2O2. The van der Waals surface area contributed by atoms with Gasteiger partial charge in [0.15, 0.2) is 0 Å². The number of hydrogen-bond acceptors (Lipinski definition) is 3. The van der Waals surface area contributed by atoms with Crippen molar-refractivity contribution in [2.45, 2.75) is 13.0 Å². The lowest BCUT2D eigenvalue weighted by Crippen LogP contribution is -2.40. The third kappa shape index (κ3) is 4.61. The largest absolute Gasteiger partial charge is 0.395 e. The number of likely N-dealkylation sites (N-methyl/N-ethyl adjacent to an activating group) is 1. The summed E-state index contributed by atoms with van der Waals surface area (Å²) in [7, 11) is 1.81. The second kappa shape index (κ2) is 6.93. The Labute approximate surface area is 115 Å². The molecule has 0 radical (unpaired) electrons. The zero-order valence-corrected chi connectivity index (χ0v) is 12.1. The van der Waals surface area contributed by atoms with Crippen molar-refractivity contribution in [1.82, 2.24) is 4.90 Å². The van der Waals surface area contributed by atoms with E-state index in [2.05, 4.69) is 27.9 Å². The van der Waals surface area contributed by atoms with Gasteiger partial charge in [-0.25, -0.2) is 0 Å². The maximum Gasteiger partial charge on any atom is 0.241 e. The fourth-order valence-corrected chi connectivity index (χ4v) is 1.69. The average Bonchev–Trinajstić information content (AvgIpc) is 2.31. The molecule has 0 saturated carbocycles. The fourth-order valence-electron chi connectivity index (χ4n) is 1.33. The number of amides is 1. The minimum Gasteiger partial charge on any atom is -0.395 e. The highest BCUT2D eigenvalue weighted by Gasteiger charge is 2.17. The quantitative estimate of drug-likeness (QED) is 0.794. The summed E-state index contributed by atoms with van der Waals surface area (Å²) in [5, 5.41) is 11.7. The van der Waals surface area contributed by atoms with E-state index in [0.717, 1.165) is 9.26 Å². The van der Waals surface area contributed by atoms with E-state index in [0.29, 0.717) is 6.54 Å². The first-order valence-electron chi connectivity index (χ1n) is 5.42. The molecule has 1 atom stereocenters. The zero-order valence-electron chi connectivity index (χ0n) is 9.98. The maximum atomic E-state index is 11.9. The van der Waals surface area contributed by atoms with Gasteiger partial charge in [0.25, 0.3) is 0 Å². The Morgan fingerprint density at radius 3 is 2.59 bits per heavy atom. The van der Waals surface area contributed by atoms with Crippen molar-refractivity contribution in [3.8, 4) is 0 Å². The summed E-state index contributed by atoms with van der Waals surface area (Å²) < 4.78 is 1.13. The highest BCUT2D eigenvalue weighted by atomic mass is 127. The van der Waals surface area contributed by atoms with E-state index < -0.39 is 0 Å². The number of hydrogen-bond donors (Lipinski definition) is 2. The molecule has 1 aromatic rings. The molecule has 1 amide bonds. The van der Waals surface area contributed by atoms with Crippen LogP contribution in [0.25, 0.3) is 0 Å². The lowest BCUT2D eigenvalue weighted by Gasteiger charge is -2.22. The predicted octanol–water partition coefficient (Wildman–Crippen LogP) is 1.54. The van der Waals surface area contributed by atoms with Crippen LogP contribution in [0.4, 0.5) is 5.69 Å². The van der Waals surface area contributed by atoms with Crippen molar-refractivity contribution in [3.63, 3.8) is 0 Å². The van der Waals surface area contributed by atoms with Gasteiger partial charge in [-0.15, -0.1) is 0 Å². The van der Waals surface area contributed by atoms with E-state index >= 15 is 0 Å². The Kier molecular flexibility index (Phi) is 5.87. The molecule has 1 unspecified atom stereocenters. The van der Waals surface area contributed by atoms with Crippen molar-refractivity contribution in [1.29, 1.82) is 0 Å². The SMILES string of the molecule is CC(C(=O)Nc1ccc(I)cc1)N(C)CCO. The molecule has 0 heterocycles. The first kappa shape index (κ1) is 14.4. The van der Waals surface area contributed by atoms with Gasteiger partial charge in [0.1, 0.15) is 0 Å². The number of nitrogens with one attached hydrogen (secondary N) is 1. The molecule has 0 aliphatic carbocycles. The third-order valence-corrected chi connectivity index (χ3v) is 3.32. The zero-order chi connectivity index (χ0) is 12.8. The van der Waals surface area contributed by atoms with Crippen molar-refractivity contribution in [2.24, 2.45) is 0 Å². The Bertz CT molecular complexity index is 367. The van der Waals surface area contributed by atoms with Gasteiger partial charge < -0.3 is 10.4 Å². The highest BCUT2D eigenvalue weighted by molar-refractivity contribution is 14.1. The Hall–Kier alpha value is -0.660. The van der Waals surface area contributed by atoms with Crippen LogP contribution in [-0.2, 0) is 4.79 Å². The van der Waals surface area contributed by atoms with Gasteiger partial charge in [-0.3, -0.25) is 9.69 Å². The van der Waals surface area contributed by atoms with Crippen LogP contribution < -0.4 is 5.32 Å². The molecule has 1 rings (SSSR count). The highest BCUT2D eigenvalue weighted by Crippen LogP contribution is 2.11. The number of aliphatic hydroxyl groups is 1. The number of rotatable bonds is 5. The molecule has 5 heteroatoms. The summed E-state index contributed by atoms with van der Waals surface area (Å²) in [6, 6.07) is 7.37. The normalized spacial score (nSPS) is 12.5. The van der Waals surface area contributed by atoms with E-state index in [1.54, 1.807) is 0 Å². The third-order valence-electron chi connectivity index (χ3n) is 2.61. The van der Waals surface area contributed by atoms with Crippen LogP contribution in [0.1, 0.15) is 6.92 Å². The van der Waals surface area contributed by atoms with Crippen LogP contribution in [-0.4, -0.2) is 42.2 Å². The monoisotopic (exact) mass is 348 g/mol. The molecule has 4 nitrogen and oxygen atoms in total. The van der Waals surface area contributed by atoms with Gasteiger partial charge in [0.05, 0.1) is 12.6 Å². The molecule has 2 N–H and O–H groups in total. The van der Waals surface area contributed by atoms with Gasteiger partial charge in [0, 0.05) is 15.8 Å². The molecular weight excluding hydrogens is 331 g/mol. The summed E-state index contributed by atoms with van der Waals surface area (Å²) in [5.41, 5.74) is 0.791. The predicted molar refractivity (Wildman–Crippen MR) is 77.0 cm³/mol. The molecule has 0 aromatic heterocycles. The second-order valence-electron chi connectivity index (χ2n) is 3.88. The average molecular weight is 348 g/mol. The van der Waals surface area contributed by atoms with Gasteiger partial charge in [-0.05, 0) is 60.8 Å². The maximum absolute atomic E-state index is 11.9. The number of nitrogens with zero attached hydrogens (tertiary/aromatic N) is 1. The molecule has 0 aliphatic rings. The summed E-state index contributed by atoms with van der Waals surface area (Å²) in [6.45, 7) is 2.36. The minimum atomic E-state index is -0.263. The lowest BCUT2D eigenvalue weighted by molar-refractivity contribution is -0.120. The standard InChI is InChI=1S/C12H17IN2O2/c1-9(15(2)7-8-16)12(17)14-11-5-3-10(13)4-6-11/h3-6,9,16H,7-8H2,1-2H3,(H,14,17). The Morgan fingerprint density at radius 2 is 2.06 bits per heavy atom. The number of carbonyl (C=O) groups is 1. The van der Waals surface area contributed by atoms with Crippen LogP contribution in [0, 0.1) is 3.57 Å². The van der Waals surface area contributed by atoms with Gasteiger partial charge in [-0.1, -0.05) is 0 Å². The molecule has 94 valence electrons. The molecule has 1 aromatic carbocycles. The van der Waals surface area contributed by atoms with Crippen LogP contribution in [0.5, 0.6) is 0 Å². The Morgan fingerprint density at radius 1 is 1.47 bits per heavy atom. The van der Waals surface area contributed by atoms with Gasteiger partial charge >= 0.3 is 0 Å². The van der Waals surface area contributed by atoms with Crippen molar-refractivity contribution in [3.05, 3.63) is 27.8 Å². The smallest absolute Gasteiger partial charge is 0.241 e. The van der Waals surface area contributed by atoms with E-state index in [-0.39, 0.29) is 18.6 Å². The number of carbonyl (C=O) groups excluding carboxylic acids is 1. The fraction of sp³-hybridized carbons (Fsp3) is 0.417. The number of anilines is 1. The number of aliphatic hydroxyl groups excluding tert-OH is 1. The van der Waals surface area contributed by atoms with E-state index in [1.165, 1.54) is 0 Å². The first-order chi connectivity index (χ1) is 8.04. The van der Waals surface area contributed by atoms with Crippen LogP contribution in [0.2, 0.25) is 0 Å². The summed E-state index contributed by atoms with van der Waals surface area (Å²) >= 11 is 2.22. The summed E-state index contributed by atoms with van der Waals surface area (Å²) in [4.78, 5) is 13.7. The van der Waals surface area contributed by atoms with Crippen LogP contribution in [0.3, 0.4) is 0 Å². The Balaban J connectivity index is 2.56. The number of benzene rings is 1. The molecule has 0 aliphatic heterocycles. The molecule has 0 spiro atoms. The molecule has 0 fully saturated rings. The molecule has 0 saturated heterocycles. The van der Waals surface area contributed by atoms with Gasteiger partial charge in [0.2, 0.25) is 5.91 Å². The van der Waals surface area contributed by atoms with Crippen LogP contribution >= 0.6 is 22.6 Å². The van der Waals surface area contributed by atoms with Crippen LogP contribution in [0.15, 0.2) is 24.3 Å². The van der Waals surface area contributed by atoms with Crippen molar-refractivity contribution < 1.29 is 9.90 Å². The molecule has 0 bridgehead atoms. The molecule has 17 heavy (non-hydrogen) atoms. The second-order valence-corrected chi connectivity index (χ2v) is 5.12.